The quantitative estimate of drug-likeness (QED) is 0.282. The van der Waals surface area contributed by atoms with E-state index in [4.69, 9.17) is 5.10 Å². The summed E-state index contributed by atoms with van der Waals surface area (Å²) in [5.74, 6) is 0.927. The summed E-state index contributed by atoms with van der Waals surface area (Å²) < 4.78 is 2.36. The highest BCUT2D eigenvalue weighted by Gasteiger charge is 2.10. The third-order valence-corrected chi connectivity index (χ3v) is 5.25. The Morgan fingerprint density at radius 1 is 0.862 bits per heavy atom. The van der Waals surface area contributed by atoms with Gasteiger partial charge in [-0.2, -0.15) is 5.10 Å². The van der Waals surface area contributed by atoms with Crippen molar-refractivity contribution in [2.24, 2.45) is 5.10 Å². The zero-order valence-electron chi connectivity index (χ0n) is 16.3. The summed E-state index contributed by atoms with van der Waals surface area (Å²) in [6.07, 6.45) is 3.83. The lowest BCUT2D eigenvalue weighted by atomic mass is 10.1. The van der Waals surface area contributed by atoms with E-state index < -0.39 is 0 Å². The summed E-state index contributed by atoms with van der Waals surface area (Å²) in [5.41, 5.74) is 4.62. The smallest absolute Gasteiger partial charge is 0.132 e. The summed E-state index contributed by atoms with van der Waals surface area (Å²) in [6, 6.07) is 29.3. The van der Waals surface area contributed by atoms with Gasteiger partial charge in [-0.25, -0.2) is 5.01 Å². The van der Waals surface area contributed by atoms with E-state index in [2.05, 4.69) is 71.1 Å². The molecule has 142 valence electrons. The number of aryl methyl sites for hydroxylation is 1. The van der Waals surface area contributed by atoms with Crippen LogP contribution in [0.4, 0.5) is 11.5 Å². The highest BCUT2D eigenvalue weighted by Crippen LogP contribution is 2.30. The van der Waals surface area contributed by atoms with Crippen molar-refractivity contribution in [2.45, 2.75) is 13.5 Å². The first-order valence-corrected chi connectivity index (χ1v) is 9.88. The van der Waals surface area contributed by atoms with Crippen LogP contribution in [0.1, 0.15) is 12.5 Å². The lowest BCUT2D eigenvalue weighted by Crippen LogP contribution is -2.09. The van der Waals surface area contributed by atoms with Gasteiger partial charge in [-0.1, -0.05) is 42.5 Å². The molecule has 4 nitrogen and oxygen atoms in total. The van der Waals surface area contributed by atoms with Crippen molar-refractivity contribution < 1.29 is 0 Å². The molecule has 0 saturated carbocycles. The molecule has 0 radical (unpaired) electrons. The van der Waals surface area contributed by atoms with Crippen LogP contribution < -0.4 is 5.01 Å². The van der Waals surface area contributed by atoms with Crippen LogP contribution in [-0.4, -0.2) is 15.8 Å². The molecule has 0 fully saturated rings. The second-order valence-corrected chi connectivity index (χ2v) is 6.99. The van der Waals surface area contributed by atoms with Crippen LogP contribution in [0.3, 0.4) is 0 Å². The van der Waals surface area contributed by atoms with E-state index in [1.165, 1.54) is 21.8 Å². The van der Waals surface area contributed by atoms with Crippen molar-refractivity contribution in [3.05, 3.63) is 96.7 Å². The number of aromatic amines is 1. The van der Waals surface area contributed by atoms with E-state index >= 15 is 0 Å². The molecule has 0 aliphatic heterocycles. The molecule has 0 atom stereocenters. The molecule has 0 aliphatic carbocycles. The average Bonchev–Trinajstić information content (AvgIpc) is 3.41. The molecule has 0 saturated heterocycles. The van der Waals surface area contributed by atoms with Crippen molar-refractivity contribution >= 4 is 39.5 Å². The minimum Gasteiger partial charge on any atom is -0.347 e. The number of fused-ring (bicyclic) bond motifs is 3. The average molecular weight is 378 g/mol. The van der Waals surface area contributed by atoms with Gasteiger partial charge >= 0.3 is 0 Å². The molecule has 0 aliphatic rings. The largest absolute Gasteiger partial charge is 0.347 e. The number of hydrogen-bond donors (Lipinski definition) is 1. The van der Waals surface area contributed by atoms with E-state index in [0.29, 0.717) is 0 Å². The lowest BCUT2D eigenvalue weighted by Gasteiger charge is -2.17. The number of benzene rings is 3. The van der Waals surface area contributed by atoms with Gasteiger partial charge in [0.05, 0.1) is 11.9 Å². The zero-order valence-corrected chi connectivity index (χ0v) is 16.3. The predicted molar refractivity (Wildman–Crippen MR) is 122 cm³/mol. The minimum absolute atomic E-state index is 0.927. The maximum atomic E-state index is 4.79. The van der Waals surface area contributed by atoms with Crippen LogP contribution in [-0.2, 0) is 6.54 Å². The molecule has 0 bridgehead atoms. The Labute approximate surface area is 169 Å². The summed E-state index contributed by atoms with van der Waals surface area (Å²) in [4.78, 5) is 3.25. The summed E-state index contributed by atoms with van der Waals surface area (Å²) in [6.45, 7) is 3.14. The fourth-order valence-electron chi connectivity index (χ4n) is 3.91. The second kappa shape index (κ2) is 7.32. The Hall–Kier alpha value is -3.79. The van der Waals surface area contributed by atoms with Gasteiger partial charge in [-0.05, 0) is 55.0 Å². The van der Waals surface area contributed by atoms with Crippen LogP contribution in [0, 0.1) is 0 Å². The number of hydrogen-bond acceptors (Lipinski definition) is 2. The molecule has 3 aromatic carbocycles. The minimum atomic E-state index is 0.927. The molecule has 2 aromatic heterocycles. The number of aromatic nitrogens is 2. The summed E-state index contributed by atoms with van der Waals surface area (Å²) >= 11 is 0. The maximum Gasteiger partial charge on any atom is 0.132 e. The fourth-order valence-corrected chi connectivity index (χ4v) is 3.91. The Balaban J connectivity index is 1.58. The van der Waals surface area contributed by atoms with E-state index in [-0.39, 0.29) is 0 Å². The predicted octanol–water partition coefficient (Wildman–Crippen LogP) is 6.31. The van der Waals surface area contributed by atoms with E-state index in [1.54, 1.807) is 0 Å². The van der Waals surface area contributed by atoms with Crippen molar-refractivity contribution in [1.82, 2.24) is 9.55 Å². The molecule has 29 heavy (non-hydrogen) atoms. The maximum absolute atomic E-state index is 4.79. The Kier molecular flexibility index (Phi) is 4.37. The SMILES string of the molecule is CCn1c2ccccc2c2cc(/C=N\N(c3ccccc3)c3ccc[nH]3)ccc21. The summed E-state index contributed by atoms with van der Waals surface area (Å²) in [5, 5.41) is 9.25. The van der Waals surface area contributed by atoms with Crippen LogP contribution in [0.15, 0.2) is 96.2 Å². The third-order valence-electron chi connectivity index (χ3n) is 5.25. The first-order valence-electron chi connectivity index (χ1n) is 9.88. The molecule has 0 unspecified atom stereocenters. The van der Waals surface area contributed by atoms with Crippen LogP contribution in [0.25, 0.3) is 21.8 Å². The zero-order chi connectivity index (χ0) is 19.6. The first kappa shape index (κ1) is 17.3. The lowest BCUT2D eigenvalue weighted by molar-refractivity contribution is 0.827. The van der Waals surface area contributed by atoms with Gasteiger partial charge in [-0.3, -0.25) is 0 Å². The number of nitrogens with zero attached hydrogens (tertiary/aromatic N) is 3. The Morgan fingerprint density at radius 2 is 1.66 bits per heavy atom. The number of para-hydroxylation sites is 2. The van der Waals surface area contributed by atoms with Crippen LogP contribution in [0.2, 0.25) is 0 Å². The molecule has 0 spiro atoms. The number of nitrogens with one attached hydrogen (secondary N) is 1. The molecule has 5 aromatic rings. The molecule has 1 N–H and O–H groups in total. The molecule has 0 amide bonds. The molecule has 2 heterocycles. The van der Waals surface area contributed by atoms with E-state index in [0.717, 1.165) is 23.6 Å². The topological polar surface area (TPSA) is 36.3 Å². The van der Waals surface area contributed by atoms with Gasteiger partial charge in [-0.15, -0.1) is 0 Å². The number of rotatable bonds is 5. The van der Waals surface area contributed by atoms with Gasteiger partial charge in [0.2, 0.25) is 0 Å². The Bertz CT molecular complexity index is 1280. The van der Waals surface area contributed by atoms with Crippen molar-refractivity contribution in [3.8, 4) is 0 Å². The van der Waals surface area contributed by atoms with Gasteiger partial charge in [0.25, 0.3) is 0 Å². The second-order valence-electron chi connectivity index (χ2n) is 6.99. The first-order chi connectivity index (χ1) is 14.3. The highest BCUT2D eigenvalue weighted by molar-refractivity contribution is 6.09. The van der Waals surface area contributed by atoms with E-state index in [1.807, 2.05) is 47.8 Å². The van der Waals surface area contributed by atoms with Gasteiger partial charge < -0.3 is 9.55 Å². The highest BCUT2D eigenvalue weighted by atomic mass is 15.5. The fraction of sp³-hybridized carbons (Fsp3) is 0.0800. The van der Waals surface area contributed by atoms with Crippen molar-refractivity contribution in [1.29, 1.82) is 0 Å². The number of H-pyrrole nitrogens is 1. The van der Waals surface area contributed by atoms with Crippen LogP contribution in [0.5, 0.6) is 0 Å². The molecule has 5 rings (SSSR count). The van der Waals surface area contributed by atoms with Crippen molar-refractivity contribution in [2.75, 3.05) is 5.01 Å². The molecule has 4 heteroatoms. The van der Waals surface area contributed by atoms with Gasteiger partial charge in [0, 0.05) is 34.5 Å². The van der Waals surface area contributed by atoms with Crippen molar-refractivity contribution in [3.63, 3.8) is 0 Å². The standard InChI is InChI=1S/C25H22N4/c1-2-28-23-12-7-6-11-21(23)22-17-19(14-15-24(22)28)18-27-29(25-13-8-16-26-25)20-9-4-3-5-10-20/h3-18,26H,2H2,1H3/b27-18-. The normalized spacial score (nSPS) is 11.6. The Morgan fingerprint density at radius 3 is 2.45 bits per heavy atom. The molecular formula is C25H22N4. The van der Waals surface area contributed by atoms with E-state index in [9.17, 15) is 0 Å². The number of hydrazone groups is 1. The number of anilines is 2. The summed E-state index contributed by atoms with van der Waals surface area (Å²) in [7, 11) is 0. The van der Waals surface area contributed by atoms with Gasteiger partial charge in [0.15, 0.2) is 0 Å². The van der Waals surface area contributed by atoms with Gasteiger partial charge in [0.1, 0.15) is 5.82 Å². The molecular weight excluding hydrogens is 356 g/mol. The van der Waals surface area contributed by atoms with Crippen LogP contribution >= 0.6 is 0 Å². The monoisotopic (exact) mass is 378 g/mol. The third kappa shape index (κ3) is 3.09.